The maximum absolute atomic E-state index is 12.8. The minimum absolute atomic E-state index is 0.0810. The molecule has 0 aromatic carbocycles. The normalized spacial score (nSPS) is 50.8. The predicted octanol–water partition coefficient (Wildman–Crippen LogP) is 0.198. The highest BCUT2D eigenvalue weighted by molar-refractivity contribution is 5.83. The van der Waals surface area contributed by atoms with Crippen molar-refractivity contribution in [2.45, 2.75) is 24.3 Å². The first kappa shape index (κ1) is 6.97. The Morgan fingerprint density at radius 3 is 2.00 bits per heavy atom. The summed E-state index contributed by atoms with van der Waals surface area (Å²) in [5.41, 5.74) is 1.85. The van der Waals surface area contributed by atoms with E-state index in [-0.39, 0.29) is 12.8 Å². The molecule has 5 heteroatoms. The number of nitrogens with two attached hydrogens (primary N) is 1. The highest BCUT2D eigenvalue weighted by Gasteiger charge is 2.90. The molecule has 0 amide bonds. The van der Waals surface area contributed by atoms with Crippen LogP contribution in [0.2, 0.25) is 0 Å². The Kier molecular flexibility index (Phi) is 0.814. The number of rotatable bonds is 1. The smallest absolute Gasteiger partial charge is 0.316 e. The Morgan fingerprint density at radius 2 is 1.91 bits per heavy atom. The Hall–Kier alpha value is -0.710. The first-order valence-electron chi connectivity index (χ1n) is 3.26. The van der Waals surface area contributed by atoms with Gasteiger partial charge in [-0.25, -0.2) is 8.78 Å². The third kappa shape index (κ3) is 0.396. The summed E-state index contributed by atoms with van der Waals surface area (Å²) in [5, 5.41) is 8.44. The molecule has 0 aromatic heterocycles. The summed E-state index contributed by atoms with van der Waals surface area (Å²) in [5.74, 6) is -4.61. The molecule has 3 fully saturated rings. The quantitative estimate of drug-likeness (QED) is 0.580. The zero-order chi connectivity index (χ0) is 8.49. The van der Waals surface area contributed by atoms with Crippen LogP contribution in [-0.2, 0) is 4.79 Å². The van der Waals surface area contributed by atoms with Gasteiger partial charge >= 0.3 is 5.97 Å². The van der Waals surface area contributed by atoms with E-state index >= 15 is 0 Å². The van der Waals surface area contributed by atoms with Crippen LogP contribution in [-0.4, -0.2) is 22.5 Å². The maximum Gasteiger partial charge on any atom is 0.316 e. The number of alkyl halides is 2. The number of hydrogen-bond donors (Lipinski definition) is 2. The highest BCUT2D eigenvalue weighted by atomic mass is 19.3. The number of hydrogen-bond acceptors (Lipinski definition) is 2. The molecule has 0 unspecified atom stereocenters. The minimum atomic E-state index is -3.19. The van der Waals surface area contributed by atoms with Crippen molar-refractivity contribution in [3.05, 3.63) is 0 Å². The third-order valence-corrected chi connectivity index (χ3v) is 2.87. The van der Waals surface area contributed by atoms with Crippen LogP contribution in [0.5, 0.6) is 0 Å². The van der Waals surface area contributed by atoms with E-state index < -0.39 is 22.8 Å². The average Bonchev–Trinajstić information content (AvgIpc) is 1.81. The van der Waals surface area contributed by atoms with Gasteiger partial charge in [-0.1, -0.05) is 0 Å². The fourth-order valence-electron chi connectivity index (χ4n) is 2.02. The standard InChI is InChI=1S/C6H7F2NO2/c7-6(8)4(3(10)11)1-5(6,9)2-4/h1-2,9H2,(H,10,11). The van der Waals surface area contributed by atoms with Gasteiger partial charge in [0, 0.05) is 0 Å². The topological polar surface area (TPSA) is 63.3 Å². The Morgan fingerprint density at radius 1 is 1.45 bits per heavy atom. The van der Waals surface area contributed by atoms with Crippen molar-refractivity contribution in [2.75, 3.05) is 0 Å². The maximum atomic E-state index is 12.8. The third-order valence-electron chi connectivity index (χ3n) is 2.87. The van der Waals surface area contributed by atoms with Gasteiger partial charge in [0.25, 0.3) is 5.92 Å². The number of aliphatic carboxylic acids is 1. The molecule has 3 N–H and O–H groups in total. The Labute approximate surface area is 61.2 Å². The van der Waals surface area contributed by atoms with Crippen molar-refractivity contribution < 1.29 is 18.7 Å². The van der Waals surface area contributed by atoms with Crippen LogP contribution in [0.1, 0.15) is 12.8 Å². The summed E-state index contributed by atoms with van der Waals surface area (Å²) in [7, 11) is 0. The Balaban J connectivity index is 2.32. The van der Waals surface area contributed by atoms with Crippen molar-refractivity contribution in [1.29, 1.82) is 0 Å². The fourth-order valence-corrected chi connectivity index (χ4v) is 2.02. The zero-order valence-electron chi connectivity index (χ0n) is 5.60. The lowest BCUT2D eigenvalue weighted by Gasteiger charge is -2.70. The second kappa shape index (κ2) is 1.29. The lowest BCUT2D eigenvalue weighted by atomic mass is 9.36. The van der Waals surface area contributed by atoms with Gasteiger partial charge in [0.05, 0.1) is 5.54 Å². The number of carbonyl (C=O) groups is 1. The van der Waals surface area contributed by atoms with Crippen LogP contribution >= 0.6 is 0 Å². The number of carboxylic acids is 1. The number of carboxylic acid groups (broad SMARTS) is 1. The summed E-state index contributed by atoms with van der Waals surface area (Å²) in [4.78, 5) is 10.4. The van der Waals surface area contributed by atoms with Crippen LogP contribution in [0.4, 0.5) is 8.78 Å². The largest absolute Gasteiger partial charge is 0.481 e. The van der Waals surface area contributed by atoms with Gasteiger partial charge in [-0.15, -0.1) is 0 Å². The van der Waals surface area contributed by atoms with Crippen LogP contribution in [0, 0.1) is 5.41 Å². The summed E-state index contributed by atoms with van der Waals surface area (Å²) >= 11 is 0. The van der Waals surface area contributed by atoms with Crippen molar-refractivity contribution >= 4 is 5.97 Å². The molecule has 0 aliphatic heterocycles. The minimum Gasteiger partial charge on any atom is -0.481 e. The van der Waals surface area contributed by atoms with E-state index in [2.05, 4.69) is 0 Å². The van der Waals surface area contributed by atoms with Gasteiger partial charge in [0.2, 0.25) is 0 Å². The van der Waals surface area contributed by atoms with Crippen molar-refractivity contribution in [2.24, 2.45) is 11.1 Å². The molecule has 3 nitrogen and oxygen atoms in total. The monoisotopic (exact) mass is 163 g/mol. The van der Waals surface area contributed by atoms with Gasteiger partial charge in [-0.2, -0.15) is 0 Å². The average molecular weight is 163 g/mol. The SMILES string of the molecule is NC12CC(C(=O)O)(C1)C2(F)F. The van der Waals surface area contributed by atoms with E-state index in [1.165, 1.54) is 0 Å². The van der Waals surface area contributed by atoms with E-state index in [4.69, 9.17) is 10.8 Å². The second-order valence-corrected chi connectivity index (χ2v) is 3.47. The van der Waals surface area contributed by atoms with E-state index in [0.717, 1.165) is 0 Å². The molecular weight excluding hydrogens is 156 g/mol. The van der Waals surface area contributed by atoms with Gasteiger partial charge in [-0.3, -0.25) is 4.79 Å². The predicted molar refractivity (Wildman–Crippen MR) is 31.2 cm³/mol. The summed E-state index contributed by atoms with van der Waals surface area (Å²) in [6.45, 7) is 0. The van der Waals surface area contributed by atoms with E-state index in [0.29, 0.717) is 0 Å². The van der Waals surface area contributed by atoms with Crippen LogP contribution < -0.4 is 5.73 Å². The van der Waals surface area contributed by atoms with E-state index in [1.54, 1.807) is 0 Å². The summed E-state index contributed by atoms with van der Waals surface area (Å²) < 4.78 is 25.5. The molecule has 3 aliphatic carbocycles. The molecule has 0 atom stereocenters. The molecule has 3 aliphatic rings. The van der Waals surface area contributed by atoms with Gasteiger partial charge < -0.3 is 10.8 Å². The molecule has 0 aromatic rings. The molecule has 0 heterocycles. The first-order valence-corrected chi connectivity index (χ1v) is 3.26. The van der Waals surface area contributed by atoms with E-state index in [9.17, 15) is 13.6 Å². The molecule has 3 rings (SSSR count). The van der Waals surface area contributed by atoms with Crippen LogP contribution in [0.25, 0.3) is 0 Å². The van der Waals surface area contributed by atoms with Gasteiger partial charge in [-0.05, 0) is 12.8 Å². The molecule has 2 bridgehead atoms. The molecule has 0 spiro atoms. The highest BCUT2D eigenvalue weighted by Crippen LogP contribution is 2.75. The zero-order valence-corrected chi connectivity index (χ0v) is 5.60. The van der Waals surface area contributed by atoms with E-state index in [1.807, 2.05) is 0 Å². The molecule has 3 saturated carbocycles. The summed E-state index contributed by atoms with van der Waals surface area (Å²) in [6, 6.07) is 0. The Bertz CT molecular complexity index is 245. The lowest BCUT2D eigenvalue weighted by molar-refractivity contribution is -0.348. The van der Waals surface area contributed by atoms with Gasteiger partial charge in [0.1, 0.15) is 5.41 Å². The lowest BCUT2D eigenvalue weighted by Crippen LogP contribution is -2.89. The molecule has 0 saturated heterocycles. The summed E-state index contributed by atoms with van der Waals surface area (Å²) in [6.07, 6.45) is -0.162. The molecule has 0 radical (unpaired) electrons. The van der Waals surface area contributed by atoms with Crippen molar-refractivity contribution in [3.63, 3.8) is 0 Å². The number of halogens is 2. The molecule has 11 heavy (non-hydrogen) atoms. The first-order chi connectivity index (χ1) is 4.86. The molecule has 62 valence electrons. The van der Waals surface area contributed by atoms with Crippen LogP contribution in [0.15, 0.2) is 0 Å². The molecular formula is C6H7F2NO2. The van der Waals surface area contributed by atoms with Crippen molar-refractivity contribution in [1.82, 2.24) is 0 Å². The van der Waals surface area contributed by atoms with Gasteiger partial charge in [0.15, 0.2) is 0 Å². The van der Waals surface area contributed by atoms with Crippen molar-refractivity contribution in [3.8, 4) is 0 Å². The fraction of sp³-hybridized carbons (Fsp3) is 0.833. The second-order valence-electron chi connectivity index (χ2n) is 3.47. The van der Waals surface area contributed by atoms with Crippen LogP contribution in [0.3, 0.4) is 0 Å².